The number of thiazole rings is 1. The molecule has 4 aromatic rings. The number of aromatic nitrogens is 3. The van der Waals surface area contributed by atoms with Gasteiger partial charge in [0.2, 0.25) is 0 Å². The average molecular weight is 488 g/mol. The van der Waals surface area contributed by atoms with Crippen molar-refractivity contribution in [2.24, 2.45) is 0 Å². The van der Waals surface area contributed by atoms with Crippen LogP contribution < -0.4 is 5.32 Å². The summed E-state index contributed by atoms with van der Waals surface area (Å²) in [4.78, 5) is 20.5. The monoisotopic (exact) mass is 487 g/mol. The SMILES string of the molecule is Cc1ccccc1-c1nn(-c2ccccc2)cc1C(=O)Nc1nc(CN2CC(C)OC(C)C2)cs1. The molecule has 2 atom stereocenters. The third-order valence-corrected chi connectivity index (χ3v) is 6.84. The first-order valence-electron chi connectivity index (χ1n) is 11.8. The Kier molecular flexibility index (Phi) is 6.77. The topological polar surface area (TPSA) is 72.3 Å². The smallest absolute Gasteiger partial charge is 0.261 e. The number of carbonyl (C=O) groups excluding carboxylic acids is 1. The highest BCUT2D eigenvalue weighted by molar-refractivity contribution is 7.14. The molecule has 0 spiro atoms. The number of ether oxygens (including phenoxy) is 1. The van der Waals surface area contributed by atoms with Crippen molar-refractivity contribution in [1.29, 1.82) is 0 Å². The molecule has 0 saturated carbocycles. The number of nitrogens with one attached hydrogen (secondary N) is 1. The molecule has 2 unspecified atom stereocenters. The summed E-state index contributed by atoms with van der Waals surface area (Å²) < 4.78 is 7.58. The first-order valence-corrected chi connectivity index (χ1v) is 12.7. The Morgan fingerprint density at radius 2 is 1.80 bits per heavy atom. The third kappa shape index (κ3) is 5.35. The number of carbonyl (C=O) groups is 1. The second-order valence-corrected chi connectivity index (χ2v) is 9.89. The molecule has 1 N–H and O–H groups in total. The fraction of sp³-hybridized carbons (Fsp3) is 0.296. The van der Waals surface area contributed by atoms with Gasteiger partial charge in [-0.3, -0.25) is 15.0 Å². The highest BCUT2D eigenvalue weighted by atomic mass is 32.1. The zero-order chi connectivity index (χ0) is 24.4. The van der Waals surface area contributed by atoms with Gasteiger partial charge in [0.05, 0.1) is 29.2 Å². The van der Waals surface area contributed by atoms with Crippen LogP contribution in [-0.2, 0) is 11.3 Å². The van der Waals surface area contributed by atoms with E-state index >= 15 is 0 Å². The van der Waals surface area contributed by atoms with Gasteiger partial charge in [-0.15, -0.1) is 11.3 Å². The Morgan fingerprint density at radius 1 is 1.09 bits per heavy atom. The number of rotatable bonds is 6. The lowest BCUT2D eigenvalue weighted by Crippen LogP contribution is -2.44. The Morgan fingerprint density at radius 3 is 2.54 bits per heavy atom. The number of morpholine rings is 1. The standard InChI is InChI=1S/C27H29N5O2S/c1-18-9-7-8-12-23(18)25-24(16-32(30-25)22-10-5-4-6-11-22)26(33)29-27-28-21(17-35-27)15-31-13-19(2)34-20(3)14-31/h4-12,16-17,19-20H,13-15H2,1-3H3,(H,28,29,33). The molecule has 180 valence electrons. The van der Waals surface area contributed by atoms with Crippen molar-refractivity contribution in [3.63, 3.8) is 0 Å². The van der Waals surface area contributed by atoms with E-state index < -0.39 is 0 Å². The van der Waals surface area contributed by atoms with Crippen molar-refractivity contribution < 1.29 is 9.53 Å². The first-order chi connectivity index (χ1) is 17.0. The fourth-order valence-electron chi connectivity index (χ4n) is 4.53. The predicted octanol–water partition coefficient (Wildman–Crippen LogP) is 5.17. The molecule has 8 heteroatoms. The van der Waals surface area contributed by atoms with Crippen molar-refractivity contribution in [3.05, 3.63) is 83.0 Å². The van der Waals surface area contributed by atoms with E-state index in [0.717, 1.165) is 42.1 Å². The molecular formula is C27H29N5O2S. The summed E-state index contributed by atoms with van der Waals surface area (Å²) in [6.45, 7) is 8.71. The first kappa shape index (κ1) is 23.4. The lowest BCUT2D eigenvalue weighted by molar-refractivity contribution is -0.0707. The van der Waals surface area contributed by atoms with Gasteiger partial charge in [-0.1, -0.05) is 42.5 Å². The molecule has 1 saturated heterocycles. The molecule has 35 heavy (non-hydrogen) atoms. The van der Waals surface area contributed by atoms with Crippen LogP contribution in [0.4, 0.5) is 5.13 Å². The van der Waals surface area contributed by atoms with Gasteiger partial charge in [0.15, 0.2) is 5.13 Å². The van der Waals surface area contributed by atoms with Crippen LogP contribution in [0.15, 0.2) is 66.2 Å². The minimum absolute atomic E-state index is 0.206. The van der Waals surface area contributed by atoms with Crippen LogP contribution in [0.1, 0.15) is 35.5 Å². The van der Waals surface area contributed by atoms with Crippen LogP contribution in [0.2, 0.25) is 0 Å². The molecule has 5 rings (SSSR count). The number of hydrogen-bond donors (Lipinski definition) is 1. The number of para-hydroxylation sites is 1. The number of benzene rings is 2. The lowest BCUT2D eigenvalue weighted by Gasteiger charge is -2.34. The van der Waals surface area contributed by atoms with Crippen molar-refractivity contribution >= 4 is 22.4 Å². The van der Waals surface area contributed by atoms with E-state index in [1.54, 1.807) is 10.9 Å². The number of nitrogens with zero attached hydrogens (tertiary/aromatic N) is 4. The van der Waals surface area contributed by atoms with Crippen molar-refractivity contribution in [3.8, 4) is 16.9 Å². The van der Waals surface area contributed by atoms with Crippen molar-refractivity contribution in [1.82, 2.24) is 19.7 Å². The number of hydrogen-bond acceptors (Lipinski definition) is 6. The minimum atomic E-state index is -0.222. The van der Waals surface area contributed by atoms with E-state index in [0.29, 0.717) is 16.4 Å². The van der Waals surface area contributed by atoms with Crippen LogP contribution in [0.3, 0.4) is 0 Å². The predicted molar refractivity (Wildman–Crippen MR) is 139 cm³/mol. The maximum Gasteiger partial charge on any atom is 0.261 e. The number of aryl methyl sites for hydroxylation is 1. The molecule has 2 aromatic carbocycles. The largest absolute Gasteiger partial charge is 0.373 e. The van der Waals surface area contributed by atoms with E-state index in [2.05, 4.69) is 29.0 Å². The lowest BCUT2D eigenvalue weighted by atomic mass is 10.0. The van der Waals surface area contributed by atoms with E-state index in [-0.39, 0.29) is 18.1 Å². The van der Waals surface area contributed by atoms with Gasteiger partial charge < -0.3 is 4.74 Å². The number of anilines is 1. The highest BCUT2D eigenvalue weighted by Gasteiger charge is 2.24. The van der Waals surface area contributed by atoms with E-state index in [4.69, 9.17) is 9.84 Å². The van der Waals surface area contributed by atoms with Crippen LogP contribution in [-0.4, -0.2) is 50.9 Å². The maximum atomic E-state index is 13.4. The number of amides is 1. The summed E-state index contributed by atoms with van der Waals surface area (Å²) in [5.74, 6) is -0.222. The summed E-state index contributed by atoms with van der Waals surface area (Å²) in [5.41, 5.74) is 5.00. The van der Waals surface area contributed by atoms with Gasteiger partial charge in [-0.2, -0.15) is 5.10 Å². The normalized spacial score (nSPS) is 18.5. The second-order valence-electron chi connectivity index (χ2n) is 9.04. The zero-order valence-corrected chi connectivity index (χ0v) is 21.0. The molecule has 0 radical (unpaired) electrons. The minimum Gasteiger partial charge on any atom is -0.373 e. The average Bonchev–Trinajstić information content (AvgIpc) is 3.46. The highest BCUT2D eigenvalue weighted by Crippen LogP contribution is 2.28. The summed E-state index contributed by atoms with van der Waals surface area (Å²) in [7, 11) is 0. The summed E-state index contributed by atoms with van der Waals surface area (Å²) in [6.07, 6.45) is 2.20. The molecule has 7 nitrogen and oxygen atoms in total. The van der Waals surface area contributed by atoms with E-state index in [9.17, 15) is 4.79 Å². The molecular weight excluding hydrogens is 458 g/mol. The summed E-state index contributed by atoms with van der Waals surface area (Å²) in [6, 6.07) is 17.8. The Bertz CT molecular complexity index is 1310. The maximum absolute atomic E-state index is 13.4. The Hall–Kier alpha value is -3.33. The van der Waals surface area contributed by atoms with Crippen LogP contribution in [0.25, 0.3) is 16.9 Å². The quantitative estimate of drug-likeness (QED) is 0.406. The van der Waals surface area contributed by atoms with E-state index in [1.165, 1.54) is 11.3 Å². The molecule has 2 aromatic heterocycles. The molecule has 1 amide bonds. The molecule has 1 aliphatic rings. The second kappa shape index (κ2) is 10.1. The molecule has 0 aliphatic carbocycles. The molecule has 1 aliphatic heterocycles. The van der Waals surface area contributed by atoms with Gasteiger partial charge in [0.1, 0.15) is 5.69 Å². The molecule has 0 bridgehead atoms. The fourth-order valence-corrected chi connectivity index (χ4v) is 5.23. The van der Waals surface area contributed by atoms with Gasteiger partial charge in [-0.05, 0) is 38.5 Å². The van der Waals surface area contributed by atoms with Crippen LogP contribution in [0.5, 0.6) is 0 Å². The third-order valence-electron chi connectivity index (χ3n) is 6.03. The Balaban J connectivity index is 1.38. The Labute approximate surface area is 209 Å². The van der Waals surface area contributed by atoms with Gasteiger partial charge in [-0.25, -0.2) is 9.67 Å². The van der Waals surface area contributed by atoms with Crippen molar-refractivity contribution in [2.75, 3.05) is 18.4 Å². The van der Waals surface area contributed by atoms with Gasteiger partial charge in [0.25, 0.3) is 5.91 Å². The summed E-state index contributed by atoms with van der Waals surface area (Å²) >= 11 is 1.44. The van der Waals surface area contributed by atoms with Gasteiger partial charge in [0, 0.05) is 36.8 Å². The van der Waals surface area contributed by atoms with Crippen molar-refractivity contribution in [2.45, 2.75) is 39.5 Å². The van der Waals surface area contributed by atoms with E-state index in [1.807, 2.05) is 66.9 Å². The van der Waals surface area contributed by atoms with Gasteiger partial charge >= 0.3 is 0 Å². The molecule has 3 heterocycles. The molecule has 1 fully saturated rings. The summed E-state index contributed by atoms with van der Waals surface area (Å²) in [5, 5.41) is 10.4. The van der Waals surface area contributed by atoms with Crippen LogP contribution in [0, 0.1) is 6.92 Å². The van der Waals surface area contributed by atoms with Crippen LogP contribution >= 0.6 is 11.3 Å². The zero-order valence-electron chi connectivity index (χ0n) is 20.1.